The second-order valence-corrected chi connectivity index (χ2v) is 14.8. The third kappa shape index (κ3) is 9.39. The lowest BCUT2D eigenvalue weighted by molar-refractivity contribution is -0.312. The Morgan fingerprint density at radius 3 is 2.18 bits per heavy atom. The zero-order valence-electron chi connectivity index (χ0n) is 31.0. The average molecular weight is 714 g/mol. The summed E-state index contributed by atoms with van der Waals surface area (Å²) in [5.74, 6) is -1.73. The molecule has 0 aliphatic carbocycles. The molecule has 4 heterocycles. The zero-order valence-corrected chi connectivity index (χ0v) is 31.0. The minimum absolute atomic E-state index is 0.119. The van der Waals surface area contributed by atoms with Gasteiger partial charge < -0.3 is 58.1 Å². The smallest absolute Gasteiger partial charge is 0.330 e. The molecule has 0 aromatic rings. The number of hydrogen-bond donors (Lipinski definition) is 3. The highest BCUT2D eigenvalue weighted by atomic mass is 16.7. The molecule has 50 heavy (non-hydrogen) atoms. The molecular weight excluding hydrogens is 654 g/mol. The van der Waals surface area contributed by atoms with Crippen molar-refractivity contribution in [2.45, 2.75) is 140 Å². The van der Waals surface area contributed by atoms with Crippen molar-refractivity contribution < 1.29 is 62.8 Å². The standard InChI is InChI=1S/C36H59NO13/c1-18-11-14-27(39)48-23(6)36(42,17-45-35-32(44-10)31(43-9)28(40)22(5)47-35)33-26(49-33)13-12-25(38)19(2)15-20(3)30(18)50-34-29(41)24(37(7)8)16-21(4)46-34/h11-14,18-24,26,28-35,40-42H,15-17H2,1-10H3/b13-12+,14-11+/t18-,19+,20-,21?,22?,23+,24?,26+,28?,29?,30+,31?,32?,33-,34?,35?,36-/m0/s1. The lowest BCUT2D eigenvalue weighted by atomic mass is 9.84. The van der Waals surface area contributed by atoms with Crippen LogP contribution in [-0.4, -0.2) is 152 Å². The van der Waals surface area contributed by atoms with E-state index < -0.39 is 85.7 Å². The lowest BCUT2D eigenvalue weighted by Gasteiger charge is -2.43. The highest BCUT2D eigenvalue weighted by Crippen LogP contribution is 2.39. The second-order valence-electron chi connectivity index (χ2n) is 14.8. The molecule has 4 aliphatic heterocycles. The number of fused-ring (bicyclic) bond motifs is 1. The summed E-state index contributed by atoms with van der Waals surface area (Å²) < 4.78 is 47.0. The molecule has 3 saturated heterocycles. The van der Waals surface area contributed by atoms with E-state index in [1.165, 1.54) is 33.3 Å². The molecule has 0 saturated carbocycles. The monoisotopic (exact) mass is 713 g/mol. The summed E-state index contributed by atoms with van der Waals surface area (Å²) in [5.41, 5.74) is -1.87. The van der Waals surface area contributed by atoms with Crippen molar-refractivity contribution in [3.8, 4) is 0 Å². The third-order valence-electron chi connectivity index (χ3n) is 10.6. The highest BCUT2D eigenvalue weighted by Gasteiger charge is 2.58. The Bertz CT molecular complexity index is 1200. The van der Waals surface area contributed by atoms with Crippen LogP contribution >= 0.6 is 0 Å². The number of esters is 1. The van der Waals surface area contributed by atoms with Gasteiger partial charge in [0.25, 0.3) is 0 Å². The van der Waals surface area contributed by atoms with E-state index in [1.807, 2.05) is 46.7 Å². The molecule has 0 spiro atoms. The molecule has 14 nitrogen and oxygen atoms in total. The van der Waals surface area contributed by atoms with Gasteiger partial charge in [-0.05, 0) is 65.8 Å². The molecule has 14 heteroatoms. The summed E-state index contributed by atoms with van der Waals surface area (Å²) >= 11 is 0. The second kappa shape index (κ2) is 17.3. The van der Waals surface area contributed by atoms with Gasteiger partial charge in [-0.1, -0.05) is 26.8 Å². The van der Waals surface area contributed by atoms with Crippen LogP contribution in [0, 0.1) is 17.8 Å². The van der Waals surface area contributed by atoms with Gasteiger partial charge in [0.15, 0.2) is 24.0 Å². The van der Waals surface area contributed by atoms with Crippen LogP contribution in [0.1, 0.15) is 54.4 Å². The van der Waals surface area contributed by atoms with Crippen molar-refractivity contribution in [3.63, 3.8) is 0 Å². The zero-order chi connectivity index (χ0) is 37.1. The summed E-state index contributed by atoms with van der Waals surface area (Å²) in [6, 6.07) is -0.171. The van der Waals surface area contributed by atoms with Crippen molar-refractivity contribution in [2.24, 2.45) is 17.8 Å². The van der Waals surface area contributed by atoms with Gasteiger partial charge in [-0.15, -0.1) is 0 Å². The Morgan fingerprint density at radius 2 is 1.54 bits per heavy atom. The van der Waals surface area contributed by atoms with Gasteiger partial charge in [-0.25, -0.2) is 4.79 Å². The van der Waals surface area contributed by atoms with Gasteiger partial charge in [-0.2, -0.15) is 0 Å². The van der Waals surface area contributed by atoms with Crippen molar-refractivity contribution in [1.29, 1.82) is 0 Å². The molecule has 9 unspecified atom stereocenters. The maximum absolute atomic E-state index is 13.3. The Labute approximate surface area is 295 Å². The summed E-state index contributed by atoms with van der Waals surface area (Å²) in [7, 11) is 6.69. The van der Waals surface area contributed by atoms with Gasteiger partial charge in [-0.3, -0.25) is 4.79 Å². The average Bonchev–Trinajstić information content (AvgIpc) is 3.86. The number of allylic oxidation sites excluding steroid dienone is 1. The number of carbonyl (C=O) groups excluding carboxylic acids is 2. The lowest BCUT2D eigenvalue weighted by Crippen LogP contribution is -2.60. The number of ketones is 1. The molecule has 0 aromatic carbocycles. The number of cyclic esters (lactones) is 1. The number of aliphatic hydroxyl groups is 3. The molecule has 3 N–H and O–H groups in total. The molecule has 4 aliphatic rings. The molecule has 17 atom stereocenters. The Kier molecular flexibility index (Phi) is 14.2. The van der Waals surface area contributed by atoms with Crippen LogP contribution in [0.4, 0.5) is 0 Å². The summed E-state index contributed by atoms with van der Waals surface area (Å²) in [5, 5.41) is 33.8. The number of aliphatic hydroxyl groups excluding tert-OH is 2. The van der Waals surface area contributed by atoms with Crippen molar-refractivity contribution in [2.75, 3.05) is 34.9 Å². The maximum Gasteiger partial charge on any atom is 0.330 e. The van der Waals surface area contributed by atoms with Gasteiger partial charge in [0.1, 0.15) is 42.7 Å². The molecule has 0 amide bonds. The number of carbonyl (C=O) groups is 2. The first-order valence-electron chi connectivity index (χ1n) is 17.7. The van der Waals surface area contributed by atoms with E-state index >= 15 is 0 Å². The van der Waals surface area contributed by atoms with Crippen LogP contribution in [0.25, 0.3) is 0 Å². The van der Waals surface area contributed by atoms with Crippen LogP contribution in [0.15, 0.2) is 24.3 Å². The van der Waals surface area contributed by atoms with E-state index in [4.69, 9.17) is 37.9 Å². The van der Waals surface area contributed by atoms with Gasteiger partial charge in [0, 0.05) is 38.2 Å². The summed E-state index contributed by atoms with van der Waals surface area (Å²) in [6.45, 7) is 10.5. The molecule has 0 radical (unpaired) electrons. The van der Waals surface area contributed by atoms with Crippen LogP contribution < -0.4 is 0 Å². The fraction of sp³-hybridized carbons (Fsp3) is 0.833. The molecule has 286 valence electrons. The van der Waals surface area contributed by atoms with E-state index in [9.17, 15) is 24.9 Å². The number of nitrogens with zero attached hydrogens (tertiary/aromatic N) is 1. The van der Waals surface area contributed by atoms with E-state index in [1.54, 1.807) is 19.1 Å². The predicted octanol–water partition coefficient (Wildman–Crippen LogP) is 1.37. The Hall–Kier alpha value is -1.82. The number of methoxy groups -OCH3 is 2. The summed E-state index contributed by atoms with van der Waals surface area (Å²) in [6.07, 6.45) is -2.27. The number of rotatable bonds is 8. The number of likely N-dealkylation sites (N-methyl/N-ethyl adjacent to an activating group) is 1. The van der Waals surface area contributed by atoms with Gasteiger partial charge in [0.05, 0.1) is 24.9 Å². The molecule has 4 rings (SSSR count). The van der Waals surface area contributed by atoms with Crippen molar-refractivity contribution >= 4 is 11.8 Å². The largest absolute Gasteiger partial charge is 0.456 e. The molecule has 3 fully saturated rings. The first-order chi connectivity index (χ1) is 23.5. The highest BCUT2D eigenvalue weighted by molar-refractivity contribution is 5.91. The predicted molar refractivity (Wildman–Crippen MR) is 180 cm³/mol. The Balaban J connectivity index is 1.57. The molecule has 0 bridgehead atoms. The van der Waals surface area contributed by atoms with Crippen LogP contribution in [0.2, 0.25) is 0 Å². The van der Waals surface area contributed by atoms with Crippen LogP contribution in [-0.2, 0) is 47.5 Å². The number of epoxide rings is 1. The van der Waals surface area contributed by atoms with Gasteiger partial charge in [0.2, 0.25) is 0 Å². The molecule has 0 aromatic heterocycles. The number of hydrogen-bond acceptors (Lipinski definition) is 14. The fourth-order valence-electron chi connectivity index (χ4n) is 7.36. The number of ether oxygens (including phenoxy) is 8. The minimum atomic E-state index is -1.87. The maximum atomic E-state index is 13.3. The minimum Gasteiger partial charge on any atom is -0.456 e. The first kappa shape index (κ1) is 40.9. The third-order valence-corrected chi connectivity index (χ3v) is 10.6. The van der Waals surface area contributed by atoms with Crippen molar-refractivity contribution in [3.05, 3.63) is 24.3 Å². The normalized spacial score (nSPS) is 47.7. The van der Waals surface area contributed by atoms with Crippen molar-refractivity contribution in [1.82, 2.24) is 4.90 Å². The van der Waals surface area contributed by atoms with Crippen LogP contribution in [0.5, 0.6) is 0 Å². The summed E-state index contributed by atoms with van der Waals surface area (Å²) in [4.78, 5) is 28.5. The quantitative estimate of drug-likeness (QED) is 0.243. The van der Waals surface area contributed by atoms with Crippen LogP contribution in [0.3, 0.4) is 0 Å². The molecular formula is C36H59NO13. The van der Waals surface area contributed by atoms with E-state index in [-0.39, 0.29) is 35.7 Å². The fourth-order valence-corrected chi connectivity index (χ4v) is 7.36. The van der Waals surface area contributed by atoms with E-state index in [0.29, 0.717) is 12.8 Å². The Morgan fingerprint density at radius 1 is 0.860 bits per heavy atom. The van der Waals surface area contributed by atoms with Gasteiger partial charge >= 0.3 is 5.97 Å². The van der Waals surface area contributed by atoms with E-state index in [0.717, 1.165) is 0 Å². The SMILES string of the molecule is COC1C(OC[C@]2(O)[C@@H](C)OC(=O)/C=C/[C@H](C)[C@@H](OC3OC(C)CC(N(C)C)C3O)[C@@H](C)C[C@@H](C)C(=O)/C=C/[C@H]3O[C@@H]32)OC(C)C(O)C1OC. The topological polar surface area (TPSA) is 175 Å². The van der Waals surface area contributed by atoms with E-state index in [2.05, 4.69) is 0 Å². The first-order valence-corrected chi connectivity index (χ1v) is 17.7.